The van der Waals surface area contributed by atoms with Crippen LogP contribution in [0.2, 0.25) is 0 Å². The lowest BCUT2D eigenvalue weighted by molar-refractivity contribution is 0.194. The van der Waals surface area contributed by atoms with E-state index in [2.05, 4.69) is 59.6 Å². The van der Waals surface area contributed by atoms with E-state index in [9.17, 15) is 4.79 Å². The average molecular weight is 417 g/mol. The molecule has 1 N–H and O–H groups in total. The van der Waals surface area contributed by atoms with E-state index in [1.54, 1.807) is 11.3 Å². The Hall–Kier alpha value is -3.12. The zero-order chi connectivity index (χ0) is 20.5. The number of carbonyl (C=O) groups excluding carboxylic acids is 1. The summed E-state index contributed by atoms with van der Waals surface area (Å²) in [7, 11) is 0. The summed E-state index contributed by atoms with van der Waals surface area (Å²) in [4.78, 5) is 21.7. The first-order valence-corrected chi connectivity index (χ1v) is 11.1. The number of urea groups is 1. The summed E-state index contributed by atoms with van der Waals surface area (Å²) >= 11 is 1.73. The van der Waals surface area contributed by atoms with Gasteiger partial charge in [-0.1, -0.05) is 65.9 Å². The molecule has 2 heterocycles. The minimum atomic E-state index is 0.00253. The molecule has 0 saturated carbocycles. The number of benzene rings is 3. The number of aryl methyl sites for hydroxylation is 1. The van der Waals surface area contributed by atoms with Crippen LogP contribution in [0.5, 0.6) is 0 Å². The van der Waals surface area contributed by atoms with Crippen molar-refractivity contribution in [3.8, 4) is 0 Å². The predicted octanol–water partition coefficient (Wildman–Crippen LogP) is 4.79. The highest BCUT2D eigenvalue weighted by Gasteiger charge is 2.23. The number of piperazine rings is 1. The first-order chi connectivity index (χ1) is 14.7. The van der Waals surface area contributed by atoms with E-state index in [1.165, 1.54) is 21.0 Å². The fourth-order valence-electron chi connectivity index (χ4n) is 4.04. The second-order valence-electron chi connectivity index (χ2n) is 7.69. The molecule has 152 valence electrons. The molecule has 0 unspecified atom stereocenters. The Morgan fingerprint density at radius 2 is 1.77 bits per heavy atom. The number of para-hydroxylation sites is 1. The van der Waals surface area contributed by atoms with Crippen LogP contribution < -0.4 is 10.2 Å². The molecule has 1 aliphatic rings. The van der Waals surface area contributed by atoms with Crippen molar-refractivity contribution in [3.63, 3.8) is 0 Å². The zero-order valence-electron chi connectivity index (χ0n) is 17.0. The highest BCUT2D eigenvalue weighted by molar-refractivity contribution is 7.22. The molecule has 6 heteroatoms. The van der Waals surface area contributed by atoms with Crippen molar-refractivity contribution in [3.05, 3.63) is 71.8 Å². The van der Waals surface area contributed by atoms with Gasteiger partial charge in [-0.3, -0.25) is 0 Å². The van der Waals surface area contributed by atoms with Gasteiger partial charge in [0.15, 0.2) is 5.13 Å². The van der Waals surface area contributed by atoms with Crippen LogP contribution in [0.15, 0.2) is 60.7 Å². The summed E-state index contributed by atoms with van der Waals surface area (Å²) in [5.74, 6) is 0. The second-order valence-corrected chi connectivity index (χ2v) is 8.70. The number of hydrogen-bond acceptors (Lipinski definition) is 4. The Morgan fingerprint density at radius 1 is 1.00 bits per heavy atom. The van der Waals surface area contributed by atoms with Crippen LogP contribution >= 0.6 is 11.3 Å². The summed E-state index contributed by atoms with van der Waals surface area (Å²) in [6.45, 7) is 5.66. The van der Waals surface area contributed by atoms with E-state index in [0.29, 0.717) is 19.6 Å². The van der Waals surface area contributed by atoms with Gasteiger partial charge in [0.2, 0.25) is 0 Å². The molecule has 30 heavy (non-hydrogen) atoms. The maximum absolute atomic E-state index is 12.7. The summed E-state index contributed by atoms with van der Waals surface area (Å²) in [6, 6.07) is 20.8. The smallest absolute Gasteiger partial charge is 0.317 e. The fraction of sp³-hybridized carbons (Fsp3) is 0.250. The van der Waals surface area contributed by atoms with E-state index in [-0.39, 0.29) is 6.03 Å². The molecule has 5 rings (SSSR count). The van der Waals surface area contributed by atoms with Crippen molar-refractivity contribution in [1.82, 2.24) is 15.2 Å². The van der Waals surface area contributed by atoms with Gasteiger partial charge in [-0.25, -0.2) is 9.78 Å². The highest BCUT2D eigenvalue weighted by Crippen LogP contribution is 2.31. The molecular formula is C24H24N4OS. The van der Waals surface area contributed by atoms with Gasteiger partial charge in [0.1, 0.15) is 0 Å². The molecule has 0 aliphatic carbocycles. The van der Waals surface area contributed by atoms with Gasteiger partial charge >= 0.3 is 6.03 Å². The van der Waals surface area contributed by atoms with Gasteiger partial charge in [0.05, 0.1) is 10.2 Å². The van der Waals surface area contributed by atoms with Crippen molar-refractivity contribution in [1.29, 1.82) is 0 Å². The van der Waals surface area contributed by atoms with Crippen molar-refractivity contribution in [2.75, 3.05) is 31.1 Å². The lowest BCUT2D eigenvalue weighted by Crippen LogP contribution is -2.51. The van der Waals surface area contributed by atoms with Gasteiger partial charge in [-0.2, -0.15) is 0 Å². The van der Waals surface area contributed by atoms with Gasteiger partial charge in [-0.15, -0.1) is 0 Å². The molecule has 4 aromatic rings. The summed E-state index contributed by atoms with van der Waals surface area (Å²) in [6.07, 6.45) is 0. The Labute approximate surface area is 179 Å². The van der Waals surface area contributed by atoms with Crippen LogP contribution in [0, 0.1) is 6.92 Å². The second kappa shape index (κ2) is 7.95. The molecule has 1 aliphatic heterocycles. The monoisotopic (exact) mass is 416 g/mol. The van der Waals surface area contributed by atoms with E-state index in [4.69, 9.17) is 4.98 Å². The molecule has 0 bridgehead atoms. The Balaban J connectivity index is 1.21. The third-order valence-corrected chi connectivity index (χ3v) is 6.84. The number of amides is 2. The van der Waals surface area contributed by atoms with Crippen molar-refractivity contribution >= 4 is 43.5 Å². The lowest BCUT2D eigenvalue weighted by Gasteiger charge is -2.34. The topological polar surface area (TPSA) is 48.5 Å². The van der Waals surface area contributed by atoms with Crippen molar-refractivity contribution in [2.24, 2.45) is 0 Å². The number of thiazole rings is 1. The van der Waals surface area contributed by atoms with Crippen molar-refractivity contribution < 1.29 is 4.79 Å². The van der Waals surface area contributed by atoms with Gasteiger partial charge in [-0.05, 0) is 34.9 Å². The Kier molecular flexibility index (Phi) is 5.01. The standard InChI is InChI=1S/C24H24N4OS/c1-17-6-4-11-21-22(17)26-24(30-21)28-14-12-27(13-15-28)23(29)25-16-19-9-5-8-18-7-2-3-10-20(18)19/h2-11H,12-16H2,1H3,(H,25,29). The molecule has 0 spiro atoms. The van der Waals surface area contributed by atoms with Crippen LogP contribution in [0.3, 0.4) is 0 Å². The maximum Gasteiger partial charge on any atom is 0.317 e. The molecule has 0 radical (unpaired) electrons. The number of aromatic nitrogens is 1. The number of nitrogens with one attached hydrogen (secondary N) is 1. The first kappa shape index (κ1) is 18.9. The molecule has 0 atom stereocenters. The van der Waals surface area contributed by atoms with Crippen LogP contribution in [-0.4, -0.2) is 42.1 Å². The molecule has 1 saturated heterocycles. The number of rotatable bonds is 3. The SMILES string of the molecule is Cc1cccc2sc(N3CCN(C(=O)NCc4cccc5ccccc45)CC3)nc12. The van der Waals surface area contributed by atoms with Crippen LogP contribution in [0.1, 0.15) is 11.1 Å². The van der Waals surface area contributed by atoms with Gasteiger partial charge < -0.3 is 15.1 Å². The summed E-state index contributed by atoms with van der Waals surface area (Å²) in [5.41, 5.74) is 3.44. The average Bonchev–Trinajstić information content (AvgIpc) is 3.23. The Morgan fingerprint density at radius 3 is 2.60 bits per heavy atom. The summed E-state index contributed by atoms with van der Waals surface area (Å²) in [5, 5.41) is 6.54. The predicted molar refractivity (Wildman–Crippen MR) is 124 cm³/mol. The first-order valence-electron chi connectivity index (χ1n) is 10.3. The summed E-state index contributed by atoms with van der Waals surface area (Å²) < 4.78 is 1.22. The highest BCUT2D eigenvalue weighted by atomic mass is 32.1. The number of fused-ring (bicyclic) bond motifs is 2. The van der Waals surface area contributed by atoms with E-state index in [0.717, 1.165) is 29.3 Å². The molecule has 5 nitrogen and oxygen atoms in total. The molecule has 3 aromatic carbocycles. The maximum atomic E-state index is 12.7. The normalized spacial score (nSPS) is 14.4. The third-order valence-electron chi connectivity index (χ3n) is 5.76. The van der Waals surface area contributed by atoms with Crippen LogP contribution in [0.25, 0.3) is 21.0 Å². The van der Waals surface area contributed by atoms with Gasteiger partial charge in [0, 0.05) is 32.7 Å². The lowest BCUT2D eigenvalue weighted by atomic mass is 10.0. The van der Waals surface area contributed by atoms with E-state index >= 15 is 0 Å². The largest absolute Gasteiger partial charge is 0.345 e. The van der Waals surface area contributed by atoms with E-state index < -0.39 is 0 Å². The third kappa shape index (κ3) is 3.59. The van der Waals surface area contributed by atoms with Crippen LogP contribution in [-0.2, 0) is 6.54 Å². The molecular weight excluding hydrogens is 392 g/mol. The quantitative estimate of drug-likeness (QED) is 0.522. The number of carbonyl (C=O) groups is 1. The molecule has 1 fully saturated rings. The number of anilines is 1. The molecule has 1 aromatic heterocycles. The Bertz CT molecular complexity index is 1210. The zero-order valence-corrected chi connectivity index (χ0v) is 17.8. The van der Waals surface area contributed by atoms with Crippen molar-refractivity contribution in [2.45, 2.75) is 13.5 Å². The van der Waals surface area contributed by atoms with E-state index in [1.807, 2.05) is 23.1 Å². The minimum absolute atomic E-state index is 0.00253. The molecule has 2 amide bonds. The van der Waals surface area contributed by atoms with Crippen LogP contribution in [0.4, 0.5) is 9.93 Å². The van der Waals surface area contributed by atoms with Gasteiger partial charge in [0.25, 0.3) is 0 Å². The fourth-order valence-corrected chi connectivity index (χ4v) is 5.14. The number of hydrogen-bond donors (Lipinski definition) is 1. The number of nitrogens with zero attached hydrogens (tertiary/aromatic N) is 3. The minimum Gasteiger partial charge on any atom is -0.345 e.